The minimum Gasteiger partial charge on any atom is -0.381 e. The van der Waals surface area contributed by atoms with Crippen molar-refractivity contribution in [1.29, 1.82) is 0 Å². The maximum Gasteiger partial charge on any atom is 0.135 e. The van der Waals surface area contributed by atoms with E-state index in [1.807, 2.05) is 25.1 Å². The minimum absolute atomic E-state index is 0.0512. The van der Waals surface area contributed by atoms with E-state index in [0.29, 0.717) is 0 Å². The van der Waals surface area contributed by atoms with Crippen LogP contribution >= 0.6 is 0 Å². The second-order valence-electron chi connectivity index (χ2n) is 6.59. The van der Waals surface area contributed by atoms with Gasteiger partial charge in [-0.15, -0.1) is 0 Å². The van der Waals surface area contributed by atoms with Gasteiger partial charge in [0.15, 0.2) is 0 Å². The van der Waals surface area contributed by atoms with Crippen LogP contribution in [0.4, 0.5) is 0 Å². The number of hydrogen-bond donors (Lipinski definition) is 0. The van der Waals surface area contributed by atoms with E-state index in [0.717, 1.165) is 5.56 Å². The standard InChI is InChI=1S/C20H32O4/c1-13(16(4)21)18(22-5)14(2)19(23-6)15(3)20(24-7)17-11-9-8-10-12-17/h8-15,18-20H,1-7H3/t13-,14-,15-,18+,19+,20+/m1/s1. The average Bonchev–Trinajstić information content (AvgIpc) is 2.57. The van der Waals surface area contributed by atoms with Gasteiger partial charge in [-0.2, -0.15) is 0 Å². The van der Waals surface area contributed by atoms with Crippen LogP contribution in [0.2, 0.25) is 0 Å². The van der Waals surface area contributed by atoms with E-state index in [-0.39, 0.29) is 41.8 Å². The van der Waals surface area contributed by atoms with Crippen LogP contribution in [-0.4, -0.2) is 39.3 Å². The molecule has 0 saturated heterocycles. The Morgan fingerprint density at radius 3 is 1.79 bits per heavy atom. The SMILES string of the molecule is CO[C@H]([C@@H](C)[C@H](OC)c1ccccc1)[C@H](C)[C@@H](OC)[C@H](C)C(C)=O. The fourth-order valence-corrected chi connectivity index (χ4v) is 3.67. The number of benzene rings is 1. The van der Waals surface area contributed by atoms with E-state index in [9.17, 15) is 4.79 Å². The highest BCUT2D eigenvalue weighted by molar-refractivity contribution is 5.78. The highest BCUT2D eigenvalue weighted by atomic mass is 16.5. The van der Waals surface area contributed by atoms with Gasteiger partial charge >= 0.3 is 0 Å². The molecule has 1 aromatic carbocycles. The number of rotatable bonds is 10. The molecule has 0 spiro atoms. The van der Waals surface area contributed by atoms with Crippen LogP contribution < -0.4 is 0 Å². The second-order valence-corrected chi connectivity index (χ2v) is 6.59. The third kappa shape index (κ3) is 4.88. The molecule has 0 radical (unpaired) electrons. The third-order valence-corrected chi connectivity index (χ3v) is 5.09. The lowest BCUT2D eigenvalue weighted by atomic mass is 9.79. The first-order chi connectivity index (χ1) is 11.4. The number of ether oxygens (including phenoxy) is 3. The summed E-state index contributed by atoms with van der Waals surface area (Å²) in [5.74, 6) is 0.111. The summed E-state index contributed by atoms with van der Waals surface area (Å²) >= 11 is 0. The Bertz CT molecular complexity index is 488. The summed E-state index contributed by atoms with van der Waals surface area (Å²) < 4.78 is 17.2. The summed E-state index contributed by atoms with van der Waals surface area (Å²) in [4.78, 5) is 11.8. The topological polar surface area (TPSA) is 44.8 Å². The van der Waals surface area contributed by atoms with Crippen molar-refractivity contribution < 1.29 is 19.0 Å². The predicted octanol–water partition coefficient (Wildman–Crippen LogP) is 3.90. The monoisotopic (exact) mass is 336 g/mol. The molecule has 0 unspecified atom stereocenters. The molecule has 0 aliphatic carbocycles. The minimum atomic E-state index is -0.192. The van der Waals surface area contributed by atoms with E-state index in [1.165, 1.54) is 0 Å². The number of carbonyl (C=O) groups excluding carboxylic acids is 1. The predicted molar refractivity (Wildman–Crippen MR) is 96.0 cm³/mol. The van der Waals surface area contributed by atoms with Crippen molar-refractivity contribution in [2.24, 2.45) is 17.8 Å². The molecule has 136 valence electrons. The fraction of sp³-hybridized carbons (Fsp3) is 0.650. The maximum atomic E-state index is 11.8. The van der Waals surface area contributed by atoms with Gasteiger partial charge in [-0.3, -0.25) is 4.79 Å². The zero-order valence-electron chi connectivity index (χ0n) is 16.0. The van der Waals surface area contributed by atoms with Gasteiger partial charge in [0.25, 0.3) is 0 Å². The van der Waals surface area contributed by atoms with Crippen molar-refractivity contribution in [3.63, 3.8) is 0 Å². The molecule has 0 amide bonds. The Labute approximate surface area is 146 Å². The number of methoxy groups -OCH3 is 3. The largest absolute Gasteiger partial charge is 0.381 e. The lowest BCUT2D eigenvalue weighted by Gasteiger charge is -2.37. The second kappa shape index (κ2) is 9.92. The number of ketones is 1. The third-order valence-electron chi connectivity index (χ3n) is 5.09. The smallest absolute Gasteiger partial charge is 0.135 e. The quantitative estimate of drug-likeness (QED) is 0.650. The first kappa shape index (κ1) is 20.8. The van der Waals surface area contributed by atoms with Crippen molar-refractivity contribution in [3.8, 4) is 0 Å². The molecule has 0 aliphatic rings. The van der Waals surface area contributed by atoms with Gasteiger partial charge in [-0.1, -0.05) is 51.1 Å². The van der Waals surface area contributed by atoms with Crippen molar-refractivity contribution in [1.82, 2.24) is 0 Å². The van der Waals surface area contributed by atoms with Crippen LogP contribution in [0.3, 0.4) is 0 Å². The fourth-order valence-electron chi connectivity index (χ4n) is 3.67. The Hall–Kier alpha value is -1.23. The molecule has 0 bridgehead atoms. The van der Waals surface area contributed by atoms with Crippen LogP contribution in [0.15, 0.2) is 30.3 Å². The van der Waals surface area contributed by atoms with Gasteiger partial charge in [-0.25, -0.2) is 0 Å². The van der Waals surface area contributed by atoms with E-state index in [2.05, 4.69) is 26.0 Å². The molecule has 0 heterocycles. The molecule has 1 rings (SSSR count). The summed E-state index contributed by atoms with van der Waals surface area (Å²) in [5, 5.41) is 0. The molecular weight excluding hydrogens is 304 g/mol. The molecule has 0 fully saturated rings. The van der Waals surface area contributed by atoms with Gasteiger partial charge in [0.05, 0.1) is 18.3 Å². The number of hydrogen-bond acceptors (Lipinski definition) is 4. The zero-order chi connectivity index (χ0) is 18.3. The van der Waals surface area contributed by atoms with E-state index >= 15 is 0 Å². The number of carbonyl (C=O) groups is 1. The van der Waals surface area contributed by atoms with Crippen LogP contribution in [-0.2, 0) is 19.0 Å². The molecule has 6 atom stereocenters. The van der Waals surface area contributed by atoms with Crippen LogP contribution in [0, 0.1) is 17.8 Å². The van der Waals surface area contributed by atoms with Gasteiger partial charge in [-0.05, 0) is 12.5 Å². The molecule has 1 aromatic rings. The van der Waals surface area contributed by atoms with Crippen molar-refractivity contribution in [3.05, 3.63) is 35.9 Å². The van der Waals surface area contributed by atoms with Crippen molar-refractivity contribution >= 4 is 5.78 Å². The molecular formula is C20H32O4. The van der Waals surface area contributed by atoms with Gasteiger partial charge in [0.2, 0.25) is 0 Å². The summed E-state index contributed by atoms with van der Waals surface area (Å²) in [5.41, 5.74) is 1.12. The lowest BCUT2D eigenvalue weighted by Crippen LogP contribution is -2.43. The molecule has 0 aromatic heterocycles. The highest BCUT2D eigenvalue weighted by Gasteiger charge is 2.37. The van der Waals surface area contributed by atoms with Crippen LogP contribution in [0.5, 0.6) is 0 Å². The molecule has 0 aliphatic heterocycles. The Balaban J connectivity index is 3.02. The Kier molecular flexibility index (Phi) is 8.60. The normalized spacial score (nSPS) is 19.1. The van der Waals surface area contributed by atoms with Crippen LogP contribution in [0.25, 0.3) is 0 Å². The Morgan fingerprint density at radius 2 is 1.38 bits per heavy atom. The summed E-state index contributed by atoms with van der Waals surface area (Å²) in [6, 6.07) is 10.1. The van der Waals surface area contributed by atoms with Gasteiger partial charge < -0.3 is 14.2 Å². The summed E-state index contributed by atoms with van der Waals surface area (Å²) in [6.07, 6.45) is -0.367. The van der Waals surface area contributed by atoms with Gasteiger partial charge in [0.1, 0.15) is 5.78 Å². The van der Waals surface area contributed by atoms with Gasteiger partial charge in [0, 0.05) is 39.1 Å². The lowest BCUT2D eigenvalue weighted by molar-refractivity contribution is -0.131. The zero-order valence-corrected chi connectivity index (χ0v) is 16.0. The van der Waals surface area contributed by atoms with E-state index in [4.69, 9.17) is 14.2 Å². The molecule has 0 saturated carbocycles. The first-order valence-corrected chi connectivity index (χ1v) is 8.52. The molecule has 4 heteroatoms. The Morgan fingerprint density at radius 1 is 0.833 bits per heavy atom. The average molecular weight is 336 g/mol. The van der Waals surface area contributed by atoms with E-state index in [1.54, 1.807) is 28.3 Å². The summed E-state index contributed by atoms with van der Waals surface area (Å²) in [7, 11) is 5.08. The first-order valence-electron chi connectivity index (χ1n) is 8.52. The van der Waals surface area contributed by atoms with E-state index < -0.39 is 0 Å². The molecule has 24 heavy (non-hydrogen) atoms. The van der Waals surface area contributed by atoms with Crippen molar-refractivity contribution in [2.45, 2.75) is 46.0 Å². The van der Waals surface area contributed by atoms with Crippen molar-refractivity contribution in [2.75, 3.05) is 21.3 Å². The van der Waals surface area contributed by atoms with Crippen LogP contribution in [0.1, 0.15) is 39.4 Å². The maximum absolute atomic E-state index is 11.8. The molecule has 4 nitrogen and oxygen atoms in total. The number of Topliss-reactive ketones (excluding diaryl/α,β-unsaturated/α-hetero) is 1. The summed E-state index contributed by atoms with van der Waals surface area (Å²) in [6.45, 7) is 7.72. The highest BCUT2D eigenvalue weighted by Crippen LogP contribution is 2.34. The molecule has 0 N–H and O–H groups in total.